The van der Waals surface area contributed by atoms with Gasteiger partial charge in [0.2, 0.25) is 0 Å². The van der Waals surface area contributed by atoms with E-state index >= 15 is 0 Å². The molecule has 0 radical (unpaired) electrons. The van der Waals surface area contributed by atoms with Crippen molar-refractivity contribution in [2.45, 2.75) is 26.3 Å². The summed E-state index contributed by atoms with van der Waals surface area (Å²) in [7, 11) is 0. The summed E-state index contributed by atoms with van der Waals surface area (Å²) in [6.45, 7) is 4.15. The minimum absolute atomic E-state index is 0.325. The van der Waals surface area contributed by atoms with Crippen LogP contribution in [0.1, 0.15) is 20.3 Å². The summed E-state index contributed by atoms with van der Waals surface area (Å²) in [6.07, 6.45) is 0.325. The predicted octanol–water partition coefficient (Wildman–Crippen LogP) is 2.07. The Balaban J connectivity index is 2.54. The number of carboxylic acids is 1. The quantitative estimate of drug-likeness (QED) is 0.735. The molecule has 0 aliphatic carbocycles. The molecular weight excluding hydrogens is 248 g/mol. The molecule has 1 rings (SSSR count). The normalized spacial score (nSPS) is 11.5. The van der Waals surface area contributed by atoms with Gasteiger partial charge in [0.05, 0.1) is 6.61 Å². The van der Waals surface area contributed by atoms with Gasteiger partial charge in [-0.05, 0) is 37.6 Å². The smallest absolute Gasteiger partial charge is 0.326 e. The van der Waals surface area contributed by atoms with Gasteiger partial charge in [-0.15, -0.1) is 0 Å². The van der Waals surface area contributed by atoms with Crippen LogP contribution in [0.15, 0.2) is 24.3 Å². The van der Waals surface area contributed by atoms with E-state index in [0.717, 1.165) is 0 Å². The van der Waals surface area contributed by atoms with Gasteiger partial charge in [-0.2, -0.15) is 0 Å². The van der Waals surface area contributed by atoms with Gasteiger partial charge >= 0.3 is 12.0 Å². The number of ether oxygens (including phenoxy) is 1. The third-order valence-electron chi connectivity index (χ3n) is 2.43. The van der Waals surface area contributed by atoms with Crippen LogP contribution in [0.25, 0.3) is 0 Å². The van der Waals surface area contributed by atoms with Crippen LogP contribution >= 0.6 is 0 Å². The number of rotatable bonds is 6. The van der Waals surface area contributed by atoms with Crippen LogP contribution in [0.5, 0.6) is 5.75 Å². The lowest BCUT2D eigenvalue weighted by Crippen LogP contribution is -2.42. The van der Waals surface area contributed by atoms with E-state index < -0.39 is 18.0 Å². The molecule has 0 fully saturated rings. The van der Waals surface area contributed by atoms with Crippen molar-refractivity contribution in [1.82, 2.24) is 5.32 Å². The highest BCUT2D eigenvalue weighted by Crippen LogP contribution is 2.15. The average molecular weight is 266 g/mol. The maximum absolute atomic E-state index is 11.6. The monoisotopic (exact) mass is 266 g/mol. The molecule has 3 N–H and O–H groups in total. The zero-order valence-corrected chi connectivity index (χ0v) is 11.0. The Morgan fingerprint density at radius 3 is 2.37 bits per heavy atom. The van der Waals surface area contributed by atoms with E-state index in [9.17, 15) is 9.59 Å². The molecule has 19 heavy (non-hydrogen) atoms. The molecule has 1 atom stereocenters. The van der Waals surface area contributed by atoms with Crippen LogP contribution < -0.4 is 15.4 Å². The van der Waals surface area contributed by atoms with Crippen molar-refractivity contribution in [3.63, 3.8) is 0 Å². The average Bonchev–Trinajstić information content (AvgIpc) is 2.38. The zero-order valence-electron chi connectivity index (χ0n) is 11.0. The third kappa shape index (κ3) is 4.87. The molecule has 0 spiro atoms. The van der Waals surface area contributed by atoms with Gasteiger partial charge in [-0.25, -0.2) is 9.59 Å². The van der Waals surface area contributed by atoms with Crippen molar-refractivity contribution in [2.24, 2.45) is 0 Å². The van der Waals surface area contributed by atoms with Gasteiger partial charge in [-0.1, -0.05) is 6.92 Å². The number of urea groups is 1. The van der Waals surface area contributed by atoms with E-state index in [1.807, 2.05) is 6.92 Å². The summed E-state index contributed by atoms with van der Waals surface area (Å²) in [5.41, 5.74) is 0.571. The van der Waals surface area contributed by atoms with Gasteiger partial charge < -0.3 is 20.5 Å². The highest BCUT2D eigenvalue weighted by Gasteiger charge is 2.17. The summed E-state index contributed by atoms with van der Waals surface area (Å²) < 4.78 is 5.27. The summed E-state index contributed by atoms with van der Waals surface area (Å²) in [5, 5.41) is 13.8. The Morgan fingerprint density at radius 2 is 1.89 bits per heavy atom. The maximum Gasteiger partial charge on any atom is 0.326 e. The fourth-order valence-electron chi connectivity index (χ4n) is 1.47. The van der Waals surface area contributed by atoms with E-state index in [4.69, 9.17) is 9.84 Å². The molecule has 0 bridgehead atoms. The molecule has 0 saturated carbocycles. The first-order chi connectivity index (χ1) is 9.06. The van der Waals surface area contributed by atoms with Crippen molar-refractivity contribution in [3.05, 3.63) is 24.3 Å². The number of nitrogens with one attached hydrogen (secondary N) is 2. The van der Waals surface area contributed by atoms with Crippen molar-refractivity contribution in [3.8, 4) is 5.75 Å². The molecule has 1 aromatic carbocycles. The summed E-state index contributed by atoms with van der Waals surface area (Å²) in [4.78, 5) is 22.4. The van der Waals surface area contributed by atoms with Gasteiger partial charge in [0.15, 0.2) is 0 Å². The maximum atomic E-state index is 11.6. The fraction of sp³-hybridized carbons (Fsp3) is 0.385. The number of benzene rings is 1. The van der Waals surface area contributed by atoms with E-state index in [1.54, 1.807) is 31.2 Å². The standard InChI is InChI=1S/C13H18N2O4/c1-3-11(12(16)17)15-13(18)14-9-5-7-10(8-6-9)19-4-2/h5-8,11H,3-4H2,1-2H3,(H,16,17)(H2,14,15,18). The number of aliphatic carboxylic acids is 1. The number of carbonyl (C=O) groups excluding carboxylic acids is 1. The number of hydrogen-bond acceptors (Lipinski definition) is 3. The number of anilines is 1. The molecular formula is C13H18N2O4. The molecule has 2 amide bonds. The summed E-state index contributed by atoms with van der Waals surface area (Å²) >= 11 is 0. The summed E-state index contributed by atoms with van der Waals surface area (Å²) in [5.74, 6) is -0.338. The lowest BCUT2D eigenvalue weighted by molar-refractivity contribution is -0.139. The van der Waals surface area contributed by atoms with Gasteiger partial charge in [0, 0.05) is 5.69 Å². The lowest BCUT2D eigenvalue weighted by atomic mass is 10.2. The molecule has 0 aliphatic rings. The van der Waals surface area contributed by atoms with Crippen molar-refractivity contribution >= 4 is 17.7 Å². The van der Waals surface area contributed by atoms with E-state index in [2.05, 4.69) is 10.6 Å². The molecule has 6 heteroatoms. The third-order valence-corrected chi connectivity index (χ3v) is 2.43. The lowest BCUT2D eigenvalue weighted by Gasteiger charge is -2.13. The van der Waals surface area contributed by atoms with Crippen molar-refractivity contribution in [2.75, 3.05) is 11.9 Å². The fourth-order valence-corrected chi connectivity index (χ4v) is 1.47. The Hall–Kier alpha value is -2.24. The van der Waals surface area contributed by atoms with Crippen LogP contribution in [0.2, 0.25) is 0 Å². The van der Waals surface area contributed by atoms with Crippen molar-refractivity contribution < 1.29 is 19.4 Å². The Kier molecular flexibility index (Phi) is 5.66. The van der Waals surface area contributed by atoms with E-state index in [-0.39, 0.29) is 0 Å². The zero-order chi connectivity index (χ0) is 14.3. The van der Waals surface area contributed by atoms with Crippen LogP contribution in [-0.2, 0) is 4.79 Å². The second-order valence-corrected chi connectivity index (χ2v) is 3.85. The highest BCUT2D eigenvalue weighted by atomic mass is 16.5. The number of carboxylic acid groups (broad SMARTS) is 1. The molecule has 0 heterocycles. The van der Waals surface area contributed by atoms with Crippen LogP contribution in [0.3, 0.4) is 0 Å². The van der Waals surface area contributed by atoms with E-state index in [1.165, 1.54) is 0 Å². The number of hydrogen-bond donors (Lipinski definition) is 3. The molecule has 0 aromatic heterocycles. The van der Waals surface area contributed by atoms with Gasteiger partial charge in [0.1, 0.15) is 11.8 Å². The number of amides is 2. The highest BCUT2D eigenvalue weighted by molar-refractivity contribution is 5.92. The van der Waals surface area contributed by atoms with Gasteiger partial charge in [0.25, 0.3) is 0 Å². The Labute approximate surface area is 111 Å². The largest absolute Gasteiger partial charge is 0.494 e. The molecule has 1 aromatic rings. The first-order valence-electron chi connectivity index (χ1n) is 6.10. The second-order valence-electron chi connectivity index (χ2n) is 3.85. The minimum Gasteiger partial charge on any atom is -0.494 e. The minimum atomic E-state index is -1.05. The first-order valence-corrected chi connectivity index (χ1v) is 6.10. The molecule has 0 aliphatic heterocycles. The molecule has 1 unspecified atom stereocenters. The van der Waals surface area contributed by atoms with Crippen LogP contribution in [-0.4, -0.2) is 29.8 Å². The van der Waals surface area contributed by atoms with Crippen LogP contribution in [0.4, 0.5) is 10.5 Å². The predicted molar refractivity (Wildman–Crippen MR) is 71.5 cm³/mol. The SMILES string of the molecule is CCOc1ccc(NC(=O)NC(CC)C(=O)O)cc1. The second kappa shape index (κ2) is 7.25. The molecule has 6 nitrogen and oxygen atoms in total. The Bertz CT molecular complexity index is 431. The Morgan fingerprint density at radius 1 is 1.26 bits per heavy atom. The summed E-state index contributed by atoms with van der Waals surface area (Å²) in [6, 6.07) is 5.40. The van der Waals surface area contributed by atoms with Crippen LogP contribution in [0, 0.1) is 0 Å². The van der Waals surface area contributed by atoms with Crippen molar-refractivity contribution in [1.29, 1.82) is 0 Å². The molecule has 0 saturated heterocycles. The topological polar surface area (TPSA) is 87.7 Å². The van der Waals surface area contributed by atoms with Gasteiger partial charge in [-0.3, -0.25) is 0 Å². The number of carbonyl (C=O) groups is 2. The van der Waals surface area contributed by atoms with E-state index in [0.29, 0.717) is 24.5 Å². The first kappa shape index (κ1) is 14.8. The molecule has 104 valence electrons.